The van der Waals surface area contributed by atoms with E-state index in [0.717, 1.165) is 11.1 Å². The van der Waals surface area contributed by atoms with Crippen molar-refractivity contribution in [1.82, 2.24) is 18.7 Å². The summed E-state index contributed by atoms with van der Waals surface area (Å²) in [6, 6.07) is 26.5. The fourth-order valence-electron chi connectivity index (χ4n) is 4.02. The molecule has 0 fully saturated rings. The molecule has 0 bridgehead atoms. The second-order valence-corrected chi connectivity index (χ2v) is 7.70. The molecule has 0 aliphatic rings. The Bertz CT molecular complexity index is 1530. The fourth-order valence-corrected chi connectivity index (χ4v) is 4.02. The monoisotopic (exact) mass is 438 g/mol. The molecule has 0 saturated carbocycles. The number of imidazole rings is 1. The number of methoxy groups -OCH3 is 1. The standard InChI is InChI=1S/C26H22N4O3/c1-33-22-15-9-8-14-21(22)30-24-23(28(18-27-24)16-19-10-4-2-5-11-19)25(31)29(26(30)32)17-20-12-6-3-7-13-20/h2-15,18H,16-17H2,1H3. The Morgan fingerprint density at radius 2 is 1.39 bits per heavy atom. The molecular formula is C26H22N4O3. The quantitative estimate of drug-likeness (QED) is 0.407. The summed E-state index contributed by atoms with van der Waals surface area (Å²) in [6.45, 7) is 0.613. The molecular weight excluding hydrogens is 416 g/mol. The van der Waals surface area contributed by atoms with Gasteiger partial charge in [0.05, 0.1) is 25.7 Å². The molecule has 164 valence electrons. The highest BCUT2D eigenvalue weighted by Gasteiger charge is 2.21. The highest BCUT2D eigenvalue weighted by atomic mass is 16.5. The van der Waals surface area contributed by atoms with Crippen molar-refractivity contribution in [3.8, 4) is 11.4 Å². The first kappa shape index (κ1) is 20.5. The average Bonchev–Trinajstić information content (AvgIpc) is 3.26. The molecule has 33 heavy (non-hydrogen) atoms. The largest absolute Gasteiger partial charge is 0.495 e. The molecule has 0 aliphatic heterocycles. The van der Waals surface area contributed by atoms with Gasteiger partial charge < -0.3 is 9.30 Å². The molecule has 5 rings (SSSR count). The molecule has 0 N–H and O–H groups in total. The van der Waals surface area contributed by atoms with Crippen molar-refractivity contribution in [3.63, 3.8) is 0 Å². The Morgan fingerprint density at radius 1 is 0.788 bits per heavy atom. The topological polar surface area (TPSA) is 71.1 Å². The minimum Gasteiger partial charge on any atom is -0.495 e. The predicted molar refractivity (Wildman–Crippen MR) is 127 cm³/mol. The Labute approximate surface area is 189 Å². The van der Waals surface area contributed by atoms with Gasteiger partial charge in [0.1, 0.15) is 5.75 Å². The smallest absolute Gasteiger partial charge is 0.337 e. The zero-order chi connectivity index (χ0) is 22.8. The number of hydrogen-bond acceptors (Lipinski definition) is 4. The van der Waals surface area contributed by atoms with Gasteiger partial charge in [0, 0.05) is 6.54 Å². The number of fused-ring (bicyclic) bond motifs is 1. The third-order valence-corrected chi connectivity index (χ3v) is 5.61. The first-order valence-electron chi connectivity index (χ1n) is 10.6. The normalized spacial score (nSPS) is 11.1. The lowest BCUT2D eigenvalue weighted by Gasteiger charge is -2.15. The number of rotatable bonds is 6. The lowest BCUT2D eigenvalue weighted by Crippen LogP contribution is -2.40. The second kappa shape index (κ2) is 8.63. The van der Waals surface area contributed by atoms with E-state index in [-0.39, 0.29) is 12.1 Å². The van der Waals surface area contributed by atoms with Crippen molar-refractivity contribution in [2.24, 2.45) is 0 Å². The summed E-state index contributed by atoms with van der Waals surface area (Å²) in [7, 11) is 1.55. The third kappa shape index (κ3) is 3.74. The summed E-state index contributed by atoms with van der Waals surface area (Å²) in [5, 5.41) is 0. The van der Waals surface area contributed by atoms with E-state index in [1.165, 1.54) is 9.13 Å². The van der Waals surface area contributed by atoms with Gasteiger partial charge in [0.25, 0.3) is 5.56 Å². The van der Waals surface area contributed by atoms with Gasteiger partial charge in [-0.1, -0.05) is 72.8 Å². The van der Waals surface area contributed by atoms with Gasteiger partial charge in [0.2, 0.25) is 0 Å². The van der Waals surface area contributed by atoms with Crippen LogP contribution in [0, 0.1) is 0 Å². The van der Waals surface area contributed by atoms with Crippen LogP contribution >= 0.6 is 0 Å². The zero-order valence-corrected chi connectivity index (χ0v) is 18.1. The van der Waals surface area contributed by atoms with Gasteiger partial charge >= 0.3 is 5.69 Å². The molecule has 0 spiro atoms. The van der Waals surface area contributed by atoms with E-state index < -0.39 is 5.69 Å². The van der Waals surface area contributed by atoms with E-state index in [9.17, 15) is 9.59 Å². The van der Waals surface area contributed by atoms with Crippen LogP contribution in [0.4, 0.5) is 0 Å². The zero-order valence-electron chi connectivity index (χ0n) is 18.1. The van der Waals surface area contributed by atoms with E-state index in [4.69, 9.17) is 4.74 Å². The maximum absolute atomic E-state index is 13.7. The van der Waals surface area contributed by atoms with Crippen LogP contribution in [-0.2, 0) is 13.1 Å². The lowest BCUT2D eigenvalue weighted by molar-refractivity contribution is 0.412. The molecule has 5 aromatic rings. The maximum atomic E-state index is 13.7. The predicted octanol–water partition coefficient (Wildman–Crippen LogP) is 3.45. The minimum absolute atomic E-state index is 0.153. The van der Waals surface area contributed by atoms with Gasteiger partial charge in [-0.2, -0.15) is 0 Å². The summed E-state index contributed by atoms with van der Waals surface area (Å²) in [5.74, 6) is 0.517. The van der Waals surface area contributed by atoms with Crippen LogP contribution in [0.5, 0.6) is 5.75 Å². The van der Waals surface area contributed by atoms with Crippen LogP contribution in [0.3, 0.4) is 0 Å². The molecule has 2 heterocycles. The van der Waals surface area contributed by atoms with Gasteiger partial charge in [-0.3, -0.25) is 9.36 Å². The summed E-state index contributed by atoms with van der Waals surface area (Å²) in [6.07, 6.45) is 1.61. The van der Waals surface area contributed by atoms with Crippen LogP contribution in [0.25, 0.3) is 16.9 Å². The van der Waals surface area contributed by atoms with Crippen LogP contribution < -0.4 is 16.0 Å². The van der Waals surface area contributed by atoms with Crippen molar-refractivity contribution in [2.45, 2.75) is 13.1 Å². The van der Waals surface area contributed by atoms with Crippen LogP contribution in [0.1, 0.15) is 11.1 Å². The lowest BCUT2D eigenvalue weighted by atomic mass is 10.2. The van der Waals surface area contributed by atoms with Crippen LogP contribution in [0.15, 0.2) is 101 Å². The van der Waals surface area contributed by atoms with Crippen molar-refractivity contribution >= 4 is 11.2 Å². The highest BCUT2D eigenvalue weighted by Crippen LogP contribution is 2.23. The maximum Gasteiger partial charge on any atom is 0.337 e. The second-order valence-electron chi connectivity index (χ2n) is 7.70. The summed E-state index contributed by atoms with van der Waals surface area (Å²) in [5.41, 5.74) is 2.23. The Morgan fingerprint density at radius 3 is 2.06 bits per heavy atom. The Balaban J connectivity index is 1.80. The van der Waals surface area contributed by atoms with Crippen molar-refractivity contribution < 1.29 is 4.74 Å². The van der Waals surface area contributed by atoms with Crippen LogP contribution in [0.2, 0.25) is 0 Å². The van der Waals surface area contributed by atoms with Gasteiger partial charge in [-0.25, -0.2) is 14.3 Å². The molecule has 0 atom stereocenters. The van der Waals surface area contributed by atoms with Gasteiger partial charge in [-0.05, 0) is 23.3 Å². The van der Waals surface area contributed by atoms with Crippen molar-refractivity contribution in [2.75, 3.05) is 7.11 Å². The highest BCUT2D eigenvalue weighted by molar-refractivity contribution is 5.73. The molecule has 0 saturated heterocycles. The van der Waals surface area contributed by atoms with E-state index in [0.29, 0.717) is 29.1 Å². The molecule has 0 radical (unpaired) electrons. The molecule has 3 aromatic carbocycles. The van der Waals surface area contributed by atoms with Crippen molar-refractivity contribution in [1.29, 1.82) is 0 Å². The Kier molecular flexibility index (Phi) is 5.36. The molecule has 2 aromatic heterocycles. The molecule has 0 aliphatic carbocycles. The molecule has 0 unspecified atom stereocenters. The summed E-state index contributed by atoms with van der Waals surface area (Å²) >= 11 is 0. The fraction of sp³-hybridized carbons (Fsp3) is 0.115. The van der Waals surface area contributed by atoms with E-state index >= 15 is 0 Å². The third-order valence-electron chi connectivity index (χ3n) is 5.61. The summed E-state index contributed by atoms with van der Waals surface area (Å²) in [4.78, 5) is 31.8. The van der Waals surface area contributed by atoms with Gasteiger partial charge in [0.15, 0.2) is 11.2 Å². The first-order chi connectivity index (χ1) is 16.2. The number of hydrogen-bond donors (Lipinski definition) is 0. The van der Waals surface area contributed by atoms with E-state index in [1.807, 2.05) is 72.8 Å². The number of ether oxygens (including phenoxy) is 1. The van der Waals surface area contributed by atoms with Crippen molar-refractivity contribution in [3.05, 3.63) is 123 Å². The number of benzene rings is 3. The first-order valence-corrected chi connectivity index (χ1v) is 10.6. The van der Waals surface area contributed by atoms with Gasteiger partial charge in [-0.15, -0.1) is 0 Å². The molecule has 7 nitrogen and oxygen atoms in total. The summed E-state index contributed by atoms with van der Waals surface area (Å²) < 4.78 is 10.0. The minimum atomic E-state index is -0.467. The number of para-hydroxylation sites is 2. The molecule has 0 amide bonds. The Hall–Kier alpha value is -4.39. The van der Waals surface area contributed by atoms with E-state index in [1.54, 1.807) is 30.1 Å². The molecule has 7 heteroatoms. The number of nitrogens with zero attached hydrogens (tertiary/aromatic N) is 4. The SMILES string of the molecule is COc1ccccc1-n1c(=O)n(Cc2ccccc2)c(=O)c2c1ncn2Cc1ccccc1. The number of aromatic nitrogens is 4. The van der Waals surface area contributed by atoms with E-state index in [2.05, 4.69) is 4.98 Å². The van der Waals surface area contributed by atoms with Crippen LogP contribution in [-0.4, -0.2) is 25.8 Å². The average molecular weight is 438 g/mol.